The van der Waals surface area contributed by atoms with Gasteiger partial charge in [0.1, 0.15) is 34.0 Å². The molecule has 0 bridgehead atoms. The van der Waals surface area contributed by atoms with E-state index in [1.54, 1.807) is 12.1 Å². The lowest BCUT2D eigenvalue weighted by Gasteiger charge is -2.12. The number of hydrogen-bond donors (Lipinski definition) is 2. The van der Waals surface area contributed by atoms with Crippen molar-refractivity contribution in [3.8, 4) is 17.2 Å². The fourth-order valence-corrected chi connectivity index (χ4v) is 2.50. The topological polar surface area (TPSA) is 97.5 Å². The zero-order chi connectivity index (χ0) is 18.8. The van der Waals surface area contributed by atoms with Crippen LogP contribution in [-0.4, -0.2) is 38.3 Å². The molecule has 134 valence electrons. The van der Waals surface area contributed by atoms with Crippen molar-refractivity contribution < 1.29 is 24.1 Å². The SMILES string of the molecule is C=C(CCc1cc(OC)cc(-n2nc3ccc(F)cc3n2)c1O)C(=O)O. The van der Waals surface area contributed by atoms with Crippen LogP contribution in [-0.2, 0) is 11.2 Å². The molecule has 1 aromatic heterocycles. The maximum atomic E-state index is 13.3. The van der Waals surface area contributed by atoms with Crippen molar-refractivity contribution in [3.63, 3.8) is 0 Å². The Balaban J connectivity index is 2.03. The van der Waals surface area contributed by atoms with Crippen LogP contribution in [0.2, 0.25) is 0 Å². The Hall–Kier alpha value is -3.42. The molecule has 0 aliphatic carbocycles. The van der Waals surface area contributed by atoms with E-state index < -0.39 is 11.8 Å². The molecule has 0 atom stereocenters. The summed E-state index contributed by atoms with van der Waals surface area (Å²) in [6.45, 7) is 3.48. The molecule has 7 nitrogen and oxygen atoms in total. The molecule has 0 aliphatic rings. The summed E-state index contributed by atoms with van der Waals surface area (Å²) in [5.41, 5.74) is 1.56. The molecule has 1 heterocycles. The van der Waals surface area contributed by atoms with Gasteiger partial charge in [-0.3, -0.25) is 0 Å². The average Bonchev–Trinajstić information content (AvgIpc) is 3.03. The standard InChI is InChI=1S/C18H16FN3O4/c1-10(18(24)25)3-4-11-7-13(26-2)9-16(17(11)23)22-20-14-6-5-12(19)8-15(14)21-22/h5-9,23H,1,3-4H2,2H3,(H,24,25). The first-order valence-corrected chi connectivity index (χ1v) is 7.73. The van der Waals surface area contributed by atoms with Gasteiger partial charge in [-0.2, -0.15) is 0 Å². The fraction of sp³-hybridized carbons (Fsp3) is 0.167. The van der Waals surface area contributed by atoms with Crippen molar-refractivity contribution in [3.05, 3.63) is 53.9 Å². The van der Waals surface area contributed by atoms with E-state index in [0.717, 1.165) is 0 Å². The van der Waals surface area contributed by atoms with Crippen LogP contribution in [0.4, 0.5) is 4.39 Å². The van der Waals surface area contributed by atoms with Crippen molar-refractivity contribution in [1.29, 1.82) is 0 Å². The van der Waals surface area contributed by atoms with Gasteiger partial charge in [0, 0.05) is 23.3 Å². The molecule has 0 amide bonds. The Kier molecular flexibility index (Phi) is 4.57. The third-order valence-corrected chi connectivity index (χ3v) is 3.93. The third-order valence-electron chi connectivity index (χ3n) is 3.93. The maximum absolute atomic E-state index is 13.3. The number of methoxy groups -OCH3 is 1. The average molecular weight is 357 g/mol. The highest BCUT2D eigenvalue weighted by Crippen LogP contribution is 2.32. The van der Waals surface area contributed by atoms with Crippen LogP contribution in [0.3, 0.4) is 0 Å². The van der Waals surface area contributed by atoms with Crippen molar-refractivity contribution in [2.45, 2.75) is 12.8 Å². The molecule has 0 radical (unpaired) electrons. The van der Waals surface area contributed by atoms with Crippen LogP contribution in [0.15, 0.2) is 42.5 Å². The molecule has 0 aliphatic heterocycles. The molecular formula is C18H16FN3O4. The zero-order valence-corrected chi connectivity index (χ0v) is 13.9. The minimum Gasteiger partial charge on any atom is -0.505 e. The normalized spacial score (nSPS) is 10.8. The van der Waals surface area contributed by atoms with Gasteiger partial charge in [-0.25, -0.2) is 9.18 Å². The van der Waals surface area contributed by atoms with Crippen molar-refractivity contribution in [1.82, 2.24) is 15.0 Å². The van der Waals surface area contributed by atoms with Crippen LogP contribution in [0.1, 0.15) is 12.0 Å². The molecule has 0 unspecified atom stereocenters. The van der Waals surface area contributed by atoms with E-state index in [-0.39, 0.29) is 29.9 Å². The quantitative estimate of drug-likeness (QED) is 0.659. The molecule has 2 N–H and O–H groups in total. The smallest absolute Gasteiger partial charge is 0.330 e. The number of ether oxygens (including phenoxy) is 1. The van der Waals surface area contributed by atoms with E-state index in [2.05, 4.69) is 16.8 Å². The first-order valence-electron chi connectivity index (χ1n) is 7.73. The summed E-state index contributed by atoms with van der Waals surface area (Å²) in [6, 6.07) is 7.16. The van der Waals surface area contributed by atoms with Gasteiger partial charge >= 0.3 is 5.97 Å². The second-order valence-electron chi connectivity index (χ2n) is 5.69. The highest BCUT2D eigenvalue weighted by atomic mass is 19.1. The van der Waals surface area contributed by atoms with Gasteiger partial charge in [0.2, 0.25) is 0 Å². The molecule has 2 aromatic carbocycles. The molecule has 26 heavy (non-hydrogen) atoms. The van der Waals surface area contributed by atoms with E-state index in [1.807, 2.05) is 0 Å². The largest absolute Gasteiger partial charge is 0.505 e. The van der Waals surface area contributed by atoms with Gasteiger partial charge < -0.3 is 14.9 Å². The second kappa shape index (κ2) is 6.83. The number of nitrogens with zero attached hydrogens (tertiary/aromatic N) is 3. The first-order chi connectivity index (χ1) is 12.4. The van der Waals surface area contributed by atoms with Gasteiger partial charge in [-0.1, -0.05) is 6.58 Å². The summed E-state index contributed by atoms with van der Waals surface area (Å²) >= 11 is 0. The minimum absolute atomic E-state index is 0.0344. The first kappa shape index (κ1) is 17.4. The Labute approximate surface area is 147 Å². The number of phenols is 1. The van der Waals surface area contributed by atoms with Gasteiger partial charge in [-0.05, 0) is 31.0 Å². The summed E-state index contributed by atoms with van der Waals surface area (Å²) in [5, 5.41) is 27.9. The molecule has 0 saturated heterocycles. The molecular weight excluding hydrogens is 341 g/mol. The fourth-order valence-electron chi connectivity index (χ4n) is 2.50. The highest BCUT2D eigenvalue weighted by Gasteiger charge is 2.16. The van der Waals surface area contributed by atoms with E-state index in [4.69, 9.17) is 9.84 Å². The van der Waals surface area contributed by atoms with Gasteiger partial charge in [0.15, 0.2) is 0 Å². The number of aromatic nitrogens is 3. The number of hydrogen-bond acceptors (Lipinski definition) is 5. The van der Waals surface area contributed by atoms with Crippen LogP contribution in [0.25, 0.3) is 16.7 Å². The van der Waals surface area contributed by atoms with Gasteiger partial charge in [0.05, 0.1) is 7.11 Å². The lowest BCUT2D eigenvalue weighted by atomic mass is 10.0. The molecule has 0 saturated carbocycles. The summed E-state index contributed by atoms with van der Waals surface area (Å²) < 4.78 is 18.6. The summed E-state index contributed by atoms with van der Waals surface area (Å²) in [5.74, 6) is -1.19. The summed E-state index contributed by atoms with van der Waals surface area (Å²) in [7, 11) is 1.47. The molecule has 3 aromatic rings. The number of benzene rings is 2. The molecule has 3 rings (SSSR count). The Morgan fingerprint density at radius 3 is 2.69 bits per heavy atom. The number of aryl methyl sites for hydroxylation is 1. The van der Waals surface area contributed by atoms with E-state index in [1.165, 1.54) is 30.1 Å². The monoisotopic (exact) mass is 357 g/mol. The Bertz CT molecular complexity index is 1010. The maximum Gasteiger partial charge on any atom is 0.330 e. The van der Waals surface area contributed by atoms with E-state index in [0.29, 0.717) is 22.3 Å². The van der Waals surface area contributed by atoms with Gasteiger partial charge in [0.25, 0.3) is 0 Å². The van der Waals surface area contributed by atoms with E-state index in [9.17, 15) is 14.3 Å². The molecule has 8 heteroatoms. The number of fused-ring (bicyclic) bond motifs is 1. The van der Waals surface area contributed by atoms with Crippen LogP contribution in [0, 0.1) is 5.82 Å². The molecule has 0 spiro atoms. The highest BCUT2D eigenvalue weighted by molar-refractivity contribution is 5.85. The number of phenolic OH excluding ortho intramolecular Hbond substituents is 1. The Morgan fingerprint density at radius 2 is 2.00 bits per heavy atom. The second-order valence-corrected chi connectivity index (χ2v) is 5.69. The van der Waals surface area contributed by atoms with Crippen molar-refractivity contribution >= 4 is 17.0 Å². The lowest BCUT2D eigenvalue weighted by molar-refractivity contribution is -0.132. The number of aromatic hydroxyl groups is 1. The van der Waals surface area contributed by atoms with Crippen LogP contribution < -0.4 is 4.74 Å². The lowest BCUT2D eigenvalue weighted by Crippen LogP contribution is -2.04. The number of aliphatic carboxylic acids is 1. The number of carboxylic acids is 1. The number of halogens is 1. The van der Waals surface area contributed by atoms with Gasteiger partial charge in [-0.15, -0.1) is 15.0 Å². The minimum atomic E-state index is -1.09. The predicted molar refractivity (Wildman–Crippen MR) is 92.1 cm³/mol. The third kappa shape index (κ3) is 3.34. The molecule has 0 fully saturated rings. The van der Waals surface area contributed by atoms with Crippen molar-refractivity contribution in [2.75, 3.05) is 7.11 Å². The zero-order valence-electron chi connectivity index (χ0n) is 13.9. The van der Waals surface area contributed by atoms with E-state index >= 15 is 0 Å². The summed E-state index contributed by atoms with van der Waals surface area (Å²) in [6.07, 6.45) is 0.409. The predicted octanol–water partition coefficient (Wildman–Crippen LogP) is 2.85. The van der Waals surface area contributed by atoms with Crippen LogP contribution >= 0.6 is 0 Å². The Morgan fingerprint density at radius 1 is 1.27 bits per heavy atom. The number of carbonyl (C=O) groups is 1. The number of rotatable bonds is 6. The number of carboxylic acid groups (broad SMARTS) is 1. The summed E-state index contributed by atoms with van der Waals surface area (Å²) in [4.78, 5) is 12.1. The van der Waals surface area contributed by atoms with Crippen molar-refractivity contribution in [2.24, 2.45) is 0 Å². The van der Waals surface area contributed by atoms with Crippen LogP contribution in [0.5, 0.6) is 11.5 Å².